The Hall–Kier alpha value is -1.55. The summed E-state index contributed by atoms with van der Waals surface area (Å²) in [5, 5.41) is 0.781. The minimum atomic E-state index is 0.0121. The van der Waals surface area contributed by atoms with Gasteiger partial charge in [0.25, 0.3) is 5.56 Å². The van der Waals surface area contributed by atoms with Crippen LogP contribution >= 0.6 is 11.8 Å². The normalized spacial score (nSPS) is 10.4. The second-order valence-electron chi connectivity index (χ2n) is 3.58. The van der Waals surface area contributed by atoms with Crippen molar-refractivity contribution in [1.29, 1.82) is 0 Å². The van der Waals surface area contributed by atoms with E-state index in [9.17, 15) is 4.79 Å². The molecule has 17 heavy (non-hydrogen) atoms. The molecule has 0 saturated carbocycles. The third-order valence-electron chi connectivity index (χ3n) is 2.43. The first-order valence-corrected chi connectivity index (χ1v) is 6.52. The van der Waals surface area contributed by atoms with Gasteiger partial charge in [-0.1, -0.05) is 42.1 Å². The van der Waals surface area contributed by atoms with Crippen LogP contribution in [0.2, 0.25) is 0 Å². The second-order valence-corrected chi connectivity index (χ2v) is 4.53. The van der Waals surface area contributed by atoms with Crippen LogP contribution in [0.15, 0.2) is 52.5 Å². The Morgan fingerprint density at radius 2 is 2.00 bits per heavy atom. The molecule has 2 aromatic rings. The molecule has 0 atom stereocenters. The first-order chi connectivity index (χ1) is 8.31. The van der Waals surface area contributed by atoms with Gasteiger partial charge in [-0.05, 0) is 12.5 Å². The SMILES string of the molecule is CCn1c(SCc2ccccc2)nccc1=O. The molecule has 0 bridgehead atoms. The maximum absolute atomic E-state index is 11.6. The molecule has 2 rings (SSSR count). The molecule has 0 unspecified atom stereocenters. The lowest BCUT2D eigenvalue weighted by molar-refractivity contribution is 0.622. The molecule has 0 aliphatic heterocycles. The van der Waals surface area contributed by atoms with Gasteiger partial charge in [0.1, 0.15) is 0 Å². The van der Waals surface area contributed by atoms with Crippen molar-refractivity contribution in [3.05, 3.63) is 58.5 Å². The average Bonchev–Trinajstić information content (AvgIpc) is 2.37. The summed E-state index contributed by atoms with van der Waals surface area (Å²) in [6.45, 7) is 2.61. The molecule has 0 saturated heterocycles. The first-order valence-electron chi connectivity index (χ1n) is 5.54. The number of hydrogen-bond acceptors (Lipinski definition) is 3. The third-order valence-corrected chi connectivity index (χ3v) is 3.49. The topological polar surface area (TPSA) is 34.9 Å². The van der Waals surface area contributed by atoms with E-state index >= 15 is 0 Å². The Balaban J connectivity index is 2.14. The van der Waals surface area contributed by atoms with E-state index in [4.69, 9.17) is 0 Å². The highest BCUT2D eigenvalue weighted by Crippen LogP contribution is 2.19. The predicted octanol–water partition coefficient (Wildman–Crippen LogP) is 2.56. The summed E-state index contributed by atoms with van der Waals surface area (Å²) in [6, 6.07) is 11.7. The number of rotatable bonds is 4. The van der Waals surface area contributed by atoms with Crippen LogP contribution in [-0.4, -0.2) is 9.55 Å². The molecule has 0 amide bonds. The van der Waals surface area contributed by atoms with Crippen LogP contribution in [0.1, 0.15) is 12.5 Å². The molecule has 88 valence electrons. The Morgan fingerprint density at radius 1 is 1.24 bits per heavy atom. The van der Waals surface area contributed by atoms with E-state index in [0.29, 0.717) is 6.54 Å². The zero-order valence-corrected chi connectivity index (χ0v) is 10.5. The van der Waals surface area contributed by atoms with Crippen LogP contribution in [-0.2, 0) is 12.3 Å². The summed E-state index contributed by atoms with van der Waals surface area (Å²) in [7, 11) is 0. The molecule has 0 aliphatic carbocycles. The fourth-order valence-electron chi connectivity index (χ4n) is 1.55. The van der Waals surface area contributed by atoms with Crippen LogP contribution in [0.4, 0.5) is 0 Å². The molecule has 3 nitrogen and oxygen atoms in total. The van der Waals surface area contributed by atoms with Gasteiger partial charge in [0.05, 0.1) is 0 Å². The number of benzene rings is 1. The highest BCUT2D eigenvalue weighted by atomic mass is 32.2. The average molecular weight is 246 g/mol. The molecular weight excluding hydrogens is 232 g/mol. The lowest BCUT2D eigenvalue weighted by Gasteiger charge is -2.08. The molecular formula is C13H14N2OS. The summed E-state index contributed by atoms with van der Waals surface area (Å²) < 4.78 is 1.69. The largest absolute Gasteiger partial charge is 0.288 e. The number of nitrogens with zero attached hydrogens (tertiary/aromatic N) is 2. The van der Waals surface area contributed by atoms with Gasteiger partial charge in [0.15, 0.2) is 5.16 Å². The Bertz CT molecular complexity index is 537. The van der Waals surface area contributed by atoms with Crippen molar-refractivity contribution < 1.29 is 0 Å². The van der Waals surface area contributed by atoms with E-state index < -0.39 is 0 Å². The van der Waals surface area contributed by atoms with Gasteiger partial charge < -0.3 is 0 Å². The van der Waals surface area contributed by atoms with E-state index in [1.165, 1.54) is 11.6 Å². The van der Waals surface area contributed by atoms with Crippen molar-refractivity contribution in [2.24, 2.45) is 0 Å². The fraction of sp³-hybridized carbons (Fsp3) is 0.231. The summed E-state index contributed by atoms with van der Waals surface area (Å²) in [6.07, 6.45) is 1.57. The van der Waals surface area contributed by atoms with Gasteiger partial charge in [-0.15, -0.1) is 0 Å². The number of aromatic nitrogens is 2. The minimum Gasteiger partial charge on any atom is -0.288 e. The molecule has 1 aromatic carbocycles. The Morgan fingerprint density at radius 3 is 2.71 bits per heavy atom. The number of hydrogen-bond donors (Lipinski definition) is 0. The summed E-state index contributed by atoms with van der Waals surface area (Å²) in [4.78, 5) is 15.8. The molecule has 0 radical (unpaired) electrons. The molecule has 0 fully saturated rings. The van der Waals surface area contributed by atoms with Gasteiger partial charge in [-0.2, -0.15) is 0 Å². The van der Waals surface area contributed by atoms with E-state index in [2.05, 4.69) is 17.1 Å². The monoisotopic (exact) mass is 246 g/mol. The van der Waals surface area contributed by atoms with E-state index in [1.807, 2.05) is 25.1 Å². The third kappa shape index (κ3) is 2.97. The molecule has 1 aromatic heterocycles. The van der Waals surface area contributed by atoms with Gasteiger partial charge in [0.2, 0.25) is 0 Å². The van der Waals surface area contributed by atoms with Crippen LogP contribution in [0.3, 0.4) is 0 Å². The molecule has 1 heterocycles. The van der Waals surface area contributed by atoms with Crippen molar-refractivity contribution in [3.8, 4) is 0 Å². The zero-order chi connectivity index (χ0) is 12.1. The van der Waals surface area contributed by atoms with E-state index in [1.54, 1.807) is 22.5 Å². The lowest BCUT2D eigenvalue weighted by Crippen LogP contribution is -2.20. The van der Waals surface area contributed by atoms with E-state index in [-0.39, 0.29) is 5.56 Å². The van der Waals surface area contributed by atoms with E-state index in [0.717, 1.165) is 10.9 Å². The summed E-state index contributed by atoms with van der Waals surface area (Å²) in [5.41, 5.74) is 1.25. The van der Waals surface area contributed by atoms with Crippen molar-refractivity contribution >= 4 is 11.8 Å². The van der Waals surface area contributed by atoms with Crippen molar-refractivity contribution in [3.63, 3.8) is 0 Å². The fourth-order valence-corrected chi connectivity index (χ4v) is 2.55. The van der Waals surface area contributed by atoms with Crippen LogP contribution < -0.4 is 5.56 Å². The Labute approximate surface area is 105 Å². The standard InChI is InChI=1S/C13H14N2OS/c1-2-15-12(16)8-9-14-13(15)17-10-11-6-4-3-5-7-11/h3-9H,2,10H2,1H3. The molecule has 4 heteroatoms. The van der Waals surface area contributed by atoms with Crippen molar-refractivity contribution in [2.45, 2.75) is 24.4 Å². The van der Waals surface area contributed by atoms with Crippen molar-refractivity contribution in [1.82, 2.24) is 9.55 Å². The minimum absolute atomic E-state index is 0.0121. The predicted molar refractivity (Wildman–Crippen MR) is 70.2 cm³/mol. The van der Waals surface area contributed by atoms with Crippen molar-refractivity contribution in [2.75, 3.05) is 0 Å². The maximum Gasteiger partial charge on any atom is 0.254 e. The van der Waals surface area contributed by atoms with Crippen LogP contribution in [0, 0.1) is 0 Å². The smallest absolute Gasteiger partial charge is 0.254 e. The van der Waals surface area contributed by atoms with Crippen LogP contribution in [0.5, 0.6) is 0 Å². The second kappa shape index (κ2) is 5.68. The van der Waals surface area contributed by atoms with Crippen LogP contribution in [0.25, 0.3) is 0 Å². The highest BCUT2D eigenvalue weighted by molar-refractivity contribution is 7.98. The zero-order valence-electron chi connectivity index (χ0n) is 9.67. The molecule has 0 N–H and O–H groups in total. The Kier molecular flexibility index (Phi) is 3.98. The van der Waals surface area contributed by atoms with Gasteiger partial charge in [-0.3, -0.25) is 9.36 Å². The maximum atomic E-state index is 11.6. The highest BCUT2D eigenvalue weighted by Gasteiger charge is 2.04. The summed E-state index contributed by atoms with van der Waals surface area (Å²) >= 11 is 1.59. The molecule has 0 spiro atoms. The first kappa shape index (κ1) is 11.9. The van der Waals surface area contributed by atoms with Gasteiger partial charge >= 0.3 is 0 Å². The van der Waals surface area contributed by atoms with Gasteiger partial charge in [-0.25, -0.2) is 4.98 Å². The lowest BCUT2D eigenvalue weighted by atomic mass is 10.2. The quantitative estimate of drug-likeness (QED) is 0.614. The molecule has 0 aliphatic rings. The van der Waals surface area contributed by atoms with Gasteiger partial charge in [0, 0.05) is 24.6 Å². The number of thioether (sulfide) groups is 1. The summed E-state index contributed by atoms with van der Waals surface area (Å²) in [5.74, 6) is 0.831.